The molecule has 5 aliphatic heterocycles. The second-order valence-corrected chi connectivity index (χ2v) is 22.1. The monoisotopic (exact) mass is 1080 g/mol. The predicted molar refractivity (Wildman–Crippen MR) is 284 cm³/mol. The minimum absolute atomic E-state index is 0.0180. The summed E-state index contributed by atoms with van der Waals surface area (Å²) < 4.78 is 11.4. The lowest BCUT2D eigenvalue weighted by Gasteiger charge is -2.39. The number of rotatable bonds is 18. The molecule has 2 aromatic carbocycles. The number of esters is 2. The van der Waals surface area contributed by atoms with Gasteiger partial charge in [0.1, 0.15) is 42.5 Å². The molecule has 7 N–H and O–H groups in total. The number of hydrogen-bond donors (Lipinski definition) is 7. The highest BCUT2D eigenvalue weighted by Gasteiger charge is 2.48. The van der Waals surface area contributed by atoms with Gasteiger partial charge in [-0.05, 0) is 140 Å². The molecular formula is C57H77N9O12. The van der Waals surface area contributed by atoms with E-state index in [1.54, 1.807) is 62.0 Å². The molecule has 21 heteroatoms. The fourth-order valence-corrected chi connectivity index (χ4v) is 12.4. The topological polar surface area (TPSA) is 280 Å². The molecule has 7 amide bonds. The van der Waals surface area contributed by atoms with Gasteiger partial charge in [-0.2, -0.15) is 0 Å². The number of ketones is 1. The molecule has 12 unspecified atom stereocenters. The number of nitrogens with one attached hydrogen (secondary N) is 7. The van der Waals surface area contributed by atoms with Crippen molar-refractivity contribution in [1.29, 1.82) is 0 Å². The number of cyclic esters (lactones) is 1. The number of hydrogen-bond acceptors (Lipinski definition) is 14. The van der Waals surface area contributed by atoms with Crippen LogP contribution in [-0.4, -0.2) is 137 Å². The average molecular weight is 1080 g/mol. The number of likely N-dealkylation sites (N-methyl/N-ethyl adjacent to an activating group) is 2. The lowest BCUT2D eigenvalue weighted by molar-refractivity contribution is -0.156. The summed E-state index contributed by atoms with van der Waals surface area (Å²) in [6.07, 6.45) is 5.87. The van der Waals surface area contributed by atoms with Crippen molar-refractivity contribution in [2.75, 3.05) is 19.4 Å². The predicted octanol–water partition coefficient (Wildman–Crippen LogP) is 2.98. The fourth-order valence-electron chi connectivity index (χ4n) is 12.4. The van der Waals surface area contributed by atoms with Gasteiger partial charge in [0.15, 0.2) is 6.10 Å². The van der Waals surface area contributed by atoms with Gasteiger partial charge in [0.2, 0.25) is 35.4 Å². The molecule has 8 rings (SSSR count). The third kappa shape index (κ3) is 13.4. The summed E-state index contributed by atoms with van der Waals surface area (Å²) in [7, 11) is 3.30. The number of carbonyl (C=O) groups is 10. The van der Waals surface area contributed by atoms with Crippen LogP contribution in [0.4, 0.5) is 5.69 Å². The van der Waals surface area contributed by atoms with Gasteiger partial charge < -0.3 is 56.5 Å². The first-order valence-corrected chi connectivity index (χ1v) is 28.0. The number of carbonyl (C=O) groups excluding carboxylic acids is 10. The van der Waals surface area contributed by atoms with E-state index in [9.17, 15) is 43.2 Å². The van der Waals surface area contributed by atoms with Crippen LogP contribution in [0.5, 0.6) is 0 Å². The lowest BCUT2D eigenvalue weighted by atomic mass is 9.82. The molecule has 0 aromatic heterocycles. The summed E-state index contributed by atoms with van der Waals surface area (Å²) >= 11 is 0. The first kappa shape index (κ1) is 57.4. The van der Waals surface area contributed by atoms with E-state index in [1.807, 2.05) is 18.2 Å². The molecule has 5 heterocycles. The number of amides is 7. The van der Waals surface area contributed by atoms with Crippen LogP contribution in [0.1, 0.15) is 158 Å². The Labute approximate surface area is 455 Å². The Morgan fingerprint density at radius 1 is 0.667 bits per heavy atom. The van der Waals surface area contributed by atoms with Gasteiger partial charge in [0.05, 0.1) is 18.1 Å². The second kappa shape index (κ2) is 25.8. The molecule has 2 aromatic rings. The molecule has 0 radical (unpaired) electrons. The van der Waals surface area contributed by atoms with Gasteiger partial charge in [-0.25, -0.2) is 0 Å². The molecule has 0 bridgehead atoms. The normalized spacial score (nSPS) is 27.1. The molecule has 422 valence electrons. The van der Waals surface area contributed by atoms with Crippen molar-refractivity contribution in [3.05, 3.63) is 64.7 Å². The standard InChI is InChI=1S/C57H77N9O12/c1-31(67)27-49(69)78-50(35-12-8-11-34(28-35)30-60-53(72)45-23-21-37-13-6-7-16-43(56(75)65(37)45)63-51(70)32(2)58-4)36-19-20-38-22-24-46(66(38)57(76)44(29-36)64-52(71)33(3)59-5)54(73)61-41-17-9-15-40-39(41)14-10-18-42(40)62-55(74)47-25-26-48(68)77-47/h8,10-12,14,18,28,32-33,36-38,41,43-47,50,58-59H,6-7,9,13,15-17,19-27,29-30H2,1-5H3,(H,60,72)(H,61,73)(H,62,74)(H,63,70)(H,64,71). The first-order chi connectivity index (χ1) is 37.4. The maximum absolute atomic E-state index is 15.1. The van der Waals surface area contributed by atoms with Gasteiger partial charge in [-0.3, -0.25) is 47.9 Å². The van der Waals surface area contributed by atoms with Crippen molar-refractivity contribution in [3.63, 3.8) is 0 Å². The van der Waals surface area contributed by atoms with E-state index in [4.69, 9.17) is 9.47 Å². The lowest BCUT2D eigenvalue weighted by Crippen LogP contribution is -2.59. The summed E-state index contributed by atoms with van der Waals surface area (Å²) in [5.41, 5.74) is 3.53. The summed E-state index contributed by atoms with van der Waals surface area (Å²) in [6, 6.07) is 7.08. The van der Waals surface area contributed by atoms with Crippen LogP contribution in [0.15, 0.2) is 42.5 Å². The number of Topliss-reactive ketones (excluding diaryl/α,β-unsaturated/α-hetero) is 1. The van der Waals surface area contributed by atoms with Crippen molar-refractivity contribution in [2.24, 2.45) is 5.92 Å². The molecule has 6 aliphatic rings. The van der Waals surface area contributed by atoms with Crippen LogP contribution in [0.2, 0.25) is 0 Å². The summed E-state index contributed by atoms with van der Waals surface area (Å²) in [4.78, 5) is 138. The summed E-state index contributed by atoms with van der Waals surface area (Å²) in [5, 5.41) is 20.9. The molecule has 5 fully saturated rings. The van der Waals surface area contributed by atoms with E-state index in [-0.39, 0.29) is 49.1 Å². The number of nitrogens with zero attached hydrogens (tertiary/aromatic N) is 2. The van der Waals surface area contributed by atoms with Crippen molar-refractivity contribution in [1.82, 2.24) is 41.7 Å². The van der Waals surface area contributed by atoms with E-state index in [0.717, 1.165) is 36.8 Å². The van der Waals surface area contributed by atoms with Gasteiger partial charge in [-0.1, -0.05) is 49.2 Å². The molecule has 5 saturated heterocycles. The highest BCUT2D eigenvalue weighted by atomic mass is 16.6. The van der Waals surface area contributed by atoms with Crippen LogP contribution >= 0.6 is 0 Å². The van der Waals surface area contributed by atoms with Gasteiger partial charge in [0.25, 0.3) is 5.91 Å². The van der Waals surface area contributed by atoms with E-state index in [1.165, 1.54) is 6.92 Å². The number of fused-ring (bicyclic) bond motifs is 3. The van der Waals surface area contributed by atoms with E-state index in [2.05, 4.69) is 37.2 Å². The van der Waals surface area contributed by atoms with Crippen molar-refractivity contribution in [3.8, 4) is 0 Å². The average Bonchev–Trinajstić information content (AvgIpc) is 4.19. The minimum atomic E-state index is -1.15. The zero-order chi connectivity index (χ0) is 55.8. The zero-order valence-electron chi connectivity index (χ0n) is 45.5. The van der Waals surface area contributed by atoms with Gasteiger partial charge in [-0.15, -0.1) is 0 Å². The van der Waals surface area contributed by atoms with E-state index >= 15 is 4.79 Å². The Bertz CT molecular complexity index is 2630. The Hall–Kier alpha value is -6.74. The van der Waals surface area contributed by atoms with Crippen molar-refractivity contribution >= 4 is 64.8 Å². The Kier molecular flexibility index (Phi) is 19.0. The Balaban J connectivity index is 0.997. The molecular weight excluding hydrogens is 1000 g/mol. The molecule has 12 atom stereocenters. The van der Waals surface area contributed by atoms with Crippen LogP contribution in [0, 0.1) is 5.92 Å². The number of ether oxygens (including phenoxy) is 2. The molecule has 1 aliphatic carbocycles. The van der Waals surface area contributed by atoms with E-state index < -0.39 is 108 Å². The SMILES string of the molecule is CNC(C)C(=O)NC1CCCCC2CCC(C(=O)NCc3cccc(C(OC(=O)CC(C)=O)C4CCC5CCC(C(=O)NC6CCCc7c(NC(=O)C8CCC(=O)O8)cccc76)N5C(=O)C(NC(=O)C(C)NC)C4)c3)N2C1=O. The largest absolute Gasteiger partial charge is 0.457 e. The van der Waals surface area contributed by atoms with Gasteiger partial charge >= 0.3 is 11.9 Å². The smallest absolute Gasteiger partial charge is 0.313 e. The fraction of sp³-hybridized carbons (Fsp3) is 0.614. The Morgan fingerprint density at radius 3 is 1.97 bits per heavy atom. The number of benzene rings is 2. The molecule has 78 heavy (non-hydrogen) atoms. The highest BCUT2D eigenvalue weighted by molar-refractivity contribution is 5.98. The van der Waals surface area contributed by atoms with Crippen molar-refractivity contribution < 1.29 is 57.4 Å². The second-order valence-electron chi connectivity index (χ2n) is 22.1. The third-order valence-corrected chi connectivity index (χ3v) is 16.8. The van der Waals surface area contributed by atoms with Crippen LogP contribution in [0.25, 0.3) is 0 Å². The van der Waals surface area contributed by atoms with Crippen LogP contribution in [0.3, 0.4) is 0 Å². The first-order valence-electron chi connectivity index (χ1n) is 28.0. The Morgan fingerprint density at radius 2 is 1.29 bits per heavy atom. The maximum atomic E-state index is 15.1. The molecule has 0 spiro atoms. The van der Waals surface area contributed by atoms with Crippen LogP contribution < -0.4 is 37.2 Å². The quantitative estimate of drug-likeness (QED) is 0.0836. The summed E-state index contributed by atoms with van der Waals surface area (Å²) in [6.45, 7) is 4.74. The molecule has 0 saturated carbocycles. The van der Waals surface area contributed by atoms with E-state index in [0.29, 0.717) is 81.0 Å². The molecule has 21 nitrogen and oxygen atoms in total. The minimum Gasteiger partial charge on any atom is -0.457 e. The zero-order valence-corrected chi connectivity index (χ0v) is 45.5. The summed E-state index contributed by atoms with van der Waals surface area (Å²) in [5.74, 6) is -4.65. The third-order valence-electron chi connectivity index (χ3n) is 16.8. The van der Waals surface area contributed by atoms with Crippen LogP contribution in [-0.2, 0) is 70.4 Å². The van der Waals surface area contributed by atoms with Gasteiger partial charge in [0, 0.05) is 43.1 Å². The maximum Gasteiger partial charge on any atom is 0.313 e. The highest BCUT2D eigenvalue weighted by Crippen LogP contribution is 2.41. The van der Waals surface area contributed by atoms with Crippen molar-refractivity contribution in [2.45, 2.75) is 203 Å². The number of anilines is 1.